The van der Waals surface area contributed by atoms with E-state index in [1.54, 1.807) is 18.1 Å². The number of hydrogen-bond acceptors (Lipinski definition) is 6. The monoisotopic (exact) mass is 388 g/mol. The SMILES string of the molecule is COCCN(CCC(=O)NCCN(C)C)C(=O)c1cc(-c2ccccc2)on1. The second-order valence-electron chi connectivity index (χ2n) is 6.63. The first-order valence-electron chi connectivity index (χ1n) is 9.23. The quantitative estimate of drug-likeness (QED) is 0.628. The van der Waals surface area contributed by atoms with Gasteiger partial charge in [-0.25, -0.2) is 0 Å². The molecule has 1 aromatic carbocycles. The summed E-state index contributed by atoms with van der Waals surface area (Å²) in [5.41, 5.74) is 1.06. The first kappa shape index (κ1) is 21.6. The molecular weight excluding hydrogens is 360 g/mol. The van der Waals surface area contributed by atoms with Gasteiger partial charge in [0, 0.05) is 51.3 Å². The zero-order chi connectivity index (χ0) is 20.4. The third-order valence-electron chi connectivity index (χ3n) is 4.13. The Kier molecular flexibility index (Phi) is 8.64. The van der Waals surface area contributed by atoms with Crippen LogP contribution in [0.2, 0.25) is 0 Å². The van der Waals surface area contributed by atoms with E-state index in [4.69, 9.17) is 9.26 Å². The van der Waals surface area contributed by atoms with Crippen LogP contribution in [-0.4, -0.2) is 80.8 Å². The Bertz CT molecular complexity index is 746. The summed E-state index contributed by atoms with van der Waals surface area (Å²) >= 11 is 0. The predicted molar refractivity (Wildman–Crippen MR) is 106 cm³/mol. The third-order valence-corrected chi connectivity index (χ3v) is 4.13. The average molecular weight is 388 g/mol. The molecule has 0 unspecified atom stereocenters. The van der Waals surface area contributed by atoms with E-state index in [9.17, 15) is 9.59 Å². The van der Waals surface area contributed by atoms with Gasteiger partial charge < -0.3 is 24.4 Å². The van der Waals surface area contributed by atoms with E-state index in [2.05, 4.69) is 10.5 Å². The van der Waals surface area contributed by atoms with Crippen LogP contribution in [0.4, 0.5) is 0 Å². The average Bonchev–Trinajstić information content (AvgIpc) is 3.18. The van der Waals surface area contributed by atoms with E-state index < -0.39 is 0 Å². The van der Waals surface area contributed by atoms with Crippen LogP contribution >= 0.6 is 0 Å². The van der Waals surface area contributed by atoms with Crippen LogP contribution in [-0.2, 0) is 9.53 Å². The number of nitrogens with zero attached hydrogens (tertiary/aromatic N) is 3. The molecule has 0 aliphatic heterocycles. The second kappa shape index (κ2) is 11.2. The fourth-order valence-electron chi connectivity index (χ4n) is 2.54. The largest absolute Gasteiger partial charge is 0.383 e. The topological polar surface area (TPSA) is 87.9 Å². The maximum absolute atomic E-state index is 12.8. The standard InChI is InChI=1S/C20H28N4O4/c1-23(2)12-10-21-19(25)9-11-24(13-14-27-3)20(26)17-15-18(28-22-17)16-7-5-4-6-8-16/h4-8,15H,9-14H2,1-3H3,(H,21,25). The number of ether oxygens (including phenoxy) is 1. The smallest absolute Gasteiger partial charge is 0.276 e. The molecule has 0 radical (unpaired) electrons. The normalized spacial score (nSPS) is 10.9. The molecule has 1 N–H and O–H groups in total. The zero-order valence-corrected chi connectivity index (χ0v) is 16.7. The fraction of sp³-hybridized carbons (Fsp3) is 0.450. The maximum Gasteiger partial charge on any atom is 0.276 e. The summed E-state index contributed by atoms with van der Waals surface area (Å²) in [7, 11) is 5.46. The van der Waals surface area contributed by atoms with Gasteiger partial charge in [0.1, 0.15) is 0 Å². The van der Waals surface area contributed by atoms with Crippen molar-refractivity contribution in [3.63, 3.8) is 0 Å². The summed E-state index contributed by atoms with van der Waals surface area (Å²) in [5, 5.41) is 6.75. The fourth-order valence-corrected chi connectivity index (χ4v) is 2.54. The van der Waals surface area contributed by atoms with E-state index in [-0.39, 0.29) is 30.5 Å². The van der Waals surface area contributed by atoms with Gasteiger partial charge in [-0.05, 0) is 14.1 Å². The highest BCUT2D eigenvalue weighted by Gasteiger charge is 2.21. The van der Waals surface area contributed by atoms with Crippen molar-refractivity contribution in [2.75, 3.05) is 54.0 Å². The van der Waals surface area contributed by atoms with Crippen molar-refractivity contribution in [3.8, 4) is 11.3 Å². The highest BCUT2D eigenvalue weighted by Crippen LogP contribution is 2.20. The first-order valence-corrected chi connectivity index (χ1v) is 9.23. The van der Waals surface area contributed by atoms with Crippen LogP contribution in [0.15, 0.2) is 40.9 Å². The number of likely N-dealkylation sites (N-methyl/N-ethyl adjacent to an activating group) is 1. The summed E-state index contributed by atoms with van der Waals surface area (Å²) in [6.07, 6.45) is 0.215. The molecule has 0 bridgehead atoms. The molecule has 28 heavy (non-hydrogen) atoms. The highest BCUT2D eigenvalue weighted by atomic mass is 16.5. The van der Waals surface area contributed by atoms with E-state index in [1.807, 2.05) is 49.3 Å². The molecule has 8 heteroatoms. The number of rotatable bonds is 11. The molecule has 1 aromatic heterocycles. The molecule has 0 saturated heterocycles. The maximum atomic E-state index is 12.8. The Labute approximate surface area is 165 Å². The Balaban J connectivity index is 1.97. The molecule has 2 rings (SSSR count). The van der Waals surface area contributed by atoms with Crippen molar-refractivity contribution in [1.82, 2.24) is 20.3 Å². The Hall–Kier alpha value is -2.71. The van der Waals surface area contributed by atoms with Crippen molar-refractivity contribution < 1.29 is 18.8 Å². The van der Waals surface area contributed by atoms with Crippen LogP contribution < -0.4 is 5.32 Å². The van der Waals surface area contributed by atoms with Crippen LogP contribution in [0.5, 0.6) is 0 Å². The Morgan fingerprint density at radius 3 is 2.57 bits per heavy atom. The summed E-state index contributed by atoms with van der Waals surface area (Å²) in [6, 6.07) is 11.1. The van der Waals surface area contributed by atoms with Crippen LogP contribution in [0.1, 0.15) is 16.9 Å². The van der Waals surface area contributed by atoms with Crippen LogP contribution in [0.25, 0.3) is 11.3 Å². The lowest BCUT2D eigenvalue weighted by molar-refractivity contribution is -0.121. The van der Waals surface area contributed by atoms with Crippen LogP contribution in [0, 0.1) is 0 Å². The third kappa shape index (κ3) is 6.79. The first-order chi connectivity index (χ1) is 13.5. The van der Waals surface area contributed by atoms with E-state index in [1.165, 1.54) is 0 Å². The Morgan fingerprint density at radius 1 is 1.14 bits per heavy atom. The lowest BCUT2D eigenvalue weighted by atomic mass is 10.1. The molecule has 0 aliphatic carbocycles. The number of carbonyl (C=O) groups excluding carboxylic acids is 2. The number of amides is 2. The summed E-state index contributed by atoms with van der Waals surface area (Å²) in [4.78, 5) is 28.4. The van der Waals surface area contributed by atoms with Crippen molar-refractivity contribution in [3.05, 3.63) is 42.1 Å². The summed E-state index contributed by atoms with van der Waals surface area (Å²) < 4.78 is 10.4. The molecule has 0 atom stereocenters. The molecular formula is C20H28N4O4. The number of benzene rings is 1. The van der Waals surface area contributed by atoms with Gasteiger partial charge in [-0.2, -0.15) is 0 Å². The predicted octanol–water partition coefficient (Wildman–Crippen LogP) is 1.50. The van der Waals surface area contributed by atoms with Gasteiger partial charge in [-0.15, -0.1) is 0 Å². The number of nitrogens with one attached hydrogen (secondary N) is 1. The van der Waals surface area contributed by atoms with E-state index >= 15 is 0 Å². The van der Waals surface area contributed by atoms with E-state index in [0.29, 0.717) is 25.5 Å². The minimum absolute atomic E-state index is 0.0952. The van der Waals surface area contributed by atoms with Crippen molar-refractivity contribution in [2.24, 2.45) is 0 Å². The molecule has 2 amide bonds. The molecule has 0 saturated carbocycles. The van der Waals surface area contributed by atoms with Crippen molar-refractivity contribution in [2.45, 2.75) is 6.42 Å². The Morgan fingerprint density at radius 2 is 1.89 bits per heavy atom. The van der Waals surface area contributed by atoms with Gasteiger partial charge in [-0.1, -0.05) is 35.5 Å². The van der Waals surface area contributed by atoms with Crippen LogP contribution in [0.3, 0.4) is 0 Å². The minimum atomic E-state index is -0.288. The van der Waals surface area contributed by atoms with Gasteiger partial charge in [0.25, 0.3) is 5.91 Å². The number of methoxy groups -OCH3 is 1. The van der Waals surface area contributed by atoms with Gasteiger partial charge in [-0.3, -0.25) is 9.59 Å². The summed E-state index contributed by atoms with van der Waals surface area (Å²) in [6.45, 7) is 2.36. The number of hydrogen-bond donors (Lipinski definition) is 1. The zero-order valence-electron chi connectivity index (χ0n) is 16.7. The molecule has 2 aromatic rings. The molecule has 152 valence electrons. The van der Waals surface area contributed by atoms with Gasteiger partial charge >= 0.3 is 0 Å². The number of carbonyl (C=O) groups is 2. The lowest BCUT2D eigenvalue weighted by Crippen LogP contribution is -2.38. The number of aromatic nitrogens is 1. The van der Waals surface area contributed by atoms with Gasteiger partial charge in [0.2, 0.25) is 5.91 Å². The summed E-state index contributed by atoms with van der Waals surface area (Å²) in [5.74, 6) is 0.142. The van der Waals surface area contributed by atoms with Gasteiger partial charge in [0.15, 0.2) is 11.5 Å². The molecule has 1 heterocycles. The molecule has 0 aliphatic rings. The van der Waals surface area contributed by atoms with Crippen molar-refractivity contribution >= 4 is 11.8 Å². The van der Waals surface area contributed by atoms with Gasteiger partial charge in [0.05, 0.1) is 6.61 Å². The minimum Gasteiger partial charge on any atom is -0.383 e. The molecule has 0 fully saturated rings. The van der Waals surface area contributed by atoms with Crippen molar-refractivity contribution in [1.29, 1.82) is 0 Å². The highest BCUT2D eigenvalue weighted by molar-refractivity contribution is 5.93. The van der Waals surface area contributed by atoms with E-state index in [0.717, 1.165) is 12.1 Å². The second-order valence-corrected chi connectivity index (χ2v) is 6.63. The molecule has 8 nitrogen and oxygen atoms in total. The molecule has 0 spiro atoms. The lowest BCUT2D eigenvalue weighted by Gasteiger charge is -2.21.